The molecule has 1 N–H and O–H groups in total. The van der Waals surface area contributed by atoms with Gasteiger partial charge in [-0.1, -0.05) is 12.1 Å². The van der Waals surface area contributed by atoms with Crippen molar-refractivity contribution in [2.75, 3.05) is 13.1 Å². The first kappa shape index (κ1) is 12.0. The first-order valence-electron chi connectivity index (χ1n) is 4.94. The highest BCUT2D eigenvalue weighted by Crippen LogP contribution is 2.14. The summed E-state index contributed by atoms with van der Waals surface area (Å²) in [5, 5.41) is 2.16. The number of nitrogens with zero attached hydrogens (tertiary/aromatic N) is 1. The molecule has 6 heteroatoms. The van der Waals surface area contributed by atoms with Gasteiger partial charge in [0.05, 0.1) is 5.56 Å². The molecule has 0 saturated carbocycles. The van der Waals surface area contributed by atoms with Crippen molar-refractivity contribution in [1.82, 2.24) is 10.2 Å². The Morgan fingerprint density at radius 1 is 1.18 bits per heavy atom. The Kier molecular flexibility index (Phi) is 3.41. The van der Waals surface area contributed by atoms with E-state index in [-0.39, 0.29) is 19.0 Å². The number of hydrogen-bond acceptors (Lipinski definition) is 3. The maximum absolute atomic E-state index is 12.1. The van der Waals surface area contributed by atoms with Gasteiger partial charge < -0.3 is 4.90 Å². The predicted octanol–water partition coefficient (Wildman–Crippen LogP) is 0.390. The zero-order valence-electron chi connectivity index (χ0n) is 8.77. The van der Waals surface area contributed by atoms with Gasteiger partial charge in [0.2, 0.25) is 11.8 Å². The molecule has 0 aromatic heterocycles. The number of hydrogen-bond donors (Lipinski definition) is 1. The third-order valence-electron chi connectivity index (χ3n) is 2.34. The summed E-state index contributed by atoms with van der Waals surface area (Å²) in [5.41, 5.74) is 0.510. The fourth-order valence-electron chi connectivity index (χ4n) is 1.59. The van der Waals surface area contributed by atoms with Crippen LogP contribution in [0.4, 0.5) is 0 Å². The number of amides is 3. The highest BCUT2D eigenvalue weighted by molar-refractivity contribution is 14.1. The molecule has 1 aromatic carbocycles. The van der Waals surface area contributed by atoms with Gasteiger partial charge in [0.25, 0.3) is 5.91 Å². The van der Waals surface area contributed by atoms with Crippen molar-refractivity contribution in [2.45, 2.75) is 0 Å². The van der Waals surface area contributed by atoms with Crippen LogP contribution in [0.5, 0.6) is 0 Å². The monoisotopic (exact) mass is 344 g/mol. The molecule has 1 heterocycles. The van der Waals surface area contributed by atoms with Gasteiger partial charge in [-0.3, -0.25) is 19.7 Å². The zero-order chi connectivity index (χ0) is 12.4. The van der Waals surface area contributed by atoms with Crippen LogP contribution in [-0.2, 0) is 9.59 Å². The van der Waals surface area contributed by atoms with E-state index < -0.39 is 11.8 Å². The van der Waals surface area contributed by atoms with Crippen molar-refractivity contribution in [2.24, 2.45) is 0 Å². The molecule has 1 fully saturated rings. The van der Waals surface area contributed by atoms with Crippen LogP contribution in [0, 0.1) is 3.57 Å². The van der Waals surface area contributed by atoms with E-state index in [9.17, 15) is 14.4 Å². The molecule has 0 bridgehead atoms. The number of rotatable bonds is 1. The van der Waals surface area contributed by atoms with Gasteiger partial charge in [-0.2, -0.15) is 0 Å². The van der Waals surface area contributed by atoms with E-state index in [1.807, 2.05) is 28.7 Å². The predicted molar refractivity (Wildman–Crippen MR) is 68.2 cm³/mol. The van der Waals surface area contributed by atoms with Gasteiger partial charge >= 0.3 is 0 Å². The van der Waals surface area contributed by atoms with Crippen molar-refractivity contribution in [1.29, 1.82) is 0 Å². The molecular formula is C11H9IN2O3. The number of piperazine rings is 1. The van der Waals surface area contributed by atoms with E-state index in [0.29, 0.717) is 5.56 Å². The van der Waals surface area contributed by atoms with Crippen LogP contribution in [0.25, 0.3) is 0 Å². The summed E-state index contributed by atoms with van der Waals surface area (Å²) in [5.74, 6) is -1.18. The molecule has 1 saturated heterocycles. The zero-order valence-corrected chi connectivity index (χ0v) is 10.9. The average molecular weight is 344 g/mol. The summed E-state index contributed by atoms with van der Waals surface area (Å²) in [4.78, 5) is 35.7. The average Bonchev–Trinajstić information content (AvgIpc) is 2.27. The van der Waals surface area contributed by atoms with Crippen molar-refractivity contribution < 1.29 is 14.4 Å². The lowest BCUT2D eigenvalue weighted by Gasteiger charge is -2.25. The van der Waals surface area contributed by atoms with E-state index in [1.54, 1.807) is 18.2 Å². The summed E-state index contributed by atoms with van der Waals surface area (Å²) in [6.07, 6.45) is 0. The van der Waals surface area contributed by atoms with Crippen molar-refractivity contribution in [3.63, 3.8) is 0 Å². The fourth-order valence-corrected chi connectivity index (χ4v) is 2.20. The summed E-state index contributed by atoms with van der Waals surface area (Å²) >= 11 is 2.05. The Morgan fingerprint density at radius 2 is 1.76 bits per heavy atom. The van der Waals surface area contributed by atoms with Gasteiger partial charge in [0, 0.05) is 3.57 Å². The Morgan fingerprint density at radius 3 is 2.35 bits per heavy atom. The Labute approximate surface area is 111 Å². The quantitative estimate of drug-likeness (QED) is 0.592. The SMILES string of the molecule is O=C1CN(C(=O)c2ccccc2I)CC(=O)N1. The highest BCUT2D eigenvalue weighted by Gasteiger charge is 2.27. The number of halogens is 1. The molecular weight excluding hydrogens is 335 g/mol. The van der Waals surface area contributed by atoms with Crippen molar-refractivity contribution in [3.05, 3.63) is 33.4 Å². The van der Waals surface area contributed by atoms with E-state index in [2.05, 4.69) is 5.32 Å². The van der Waals surface area contributed by atoms with E-state index in [1.165, 1.54) is 4.90 Å². The smallest absolute Gasteiger partial charge is 0.255 e. The molecule has 2 rings (SSSR count). The number of nitrogens with one attached hydrogen (secondary N) is 1. The largest absolute Gasteiger partial charge is 0.320 e. The van der Waals surface area contributed by atoms with Crippen LogP contribution in [0.15, 0.2) is 24.3 Å². The van der Waals surface area contributed by atoms with Gasteiger partial charge in [-0.15, -0.1) is 0 Å². The topological polar surface area (TPSA) is 66.5 Å². The molecule has 17 heavy (non-hydrogen) atoms. The maximum atomic E-state index is 12.1. The lowest BCUT2D eigenvalue weighted by Crippen LogP contribution is -2.53. The van der Waals surface area contributed by atoms with E-state index in [0.717, 1.165) is 3.57 Å². The molecule has 3 amide bonds. The third-order valence-corrected chi connectivity index (χ3v) is 3.28. The standard InChI is InChI=1S/C11H9IN2O3/c12-8-4-2-1-3-7(8)11(17)14-5-9(15)13-10(16)6-14/h1-4H,5-6H2,(H,13,15,16). The molecule has 88 valence electrons. The Hall–Kier alpha value is -1.44. The van der Waals surface area contributed by atoms with Crippen LogP contribution < -0.4 is 5.32 Å². The summed E-state index contributed by atoms with van der Waals surface area (Å²) in [6, 6.07) is 7.06. The normalized spacial score (nSPS) is 15.7. The number of benzene rings is 1. The number of carbonyl (C=O) groups excluding carboxylic acids is 3. The summed E-state index contributed by atoms with van der Waals surface area (Å²) in [6.45, 7) is -0.148. The molecule has 0 aliphatic carbocycles. The lowest BCUT2D eigenvalue weighted by atomic mass is 10.2. The lowest BCUT2D eigenvalue weighted by molar-refractivity contribution is -0.135. The molecule has 5 nitrogen and oxygen atoms in total. The minimum Gasteiger partial charge on any atom is -0.320 e. The van der Waals surface area contributed by atoms with Crippen molar-refractivity contribution >= 4 is 40.3 Å². The van der Waals surface area contributed by atoms with Gasteiger partial charge in [0.1, 0.15) is 13.1 Å². The summed E-state index contributed by atoms with van der Waals surface area (Å²) in [7, 11) is 0. The minimum atomic E-state index is -0.444. The first-order valence-corrected chi connectivity index (χ1v) is 6.02. The van der Waals surface area contributed by atoms with Gasteiger partial charge in [0.15, 0.2) is 0 Å². The molecule has 1 aromatic rings. The second-order valence-electron chi connectivity index (χ2n) is 3.61. The third kappa shape index (κ3) is 2.63. The van der Waals surface area contributed by atoms with E-state index >= 15 is 0 Å². The number of imide groups is 1. The molecule has 1 aliphatic heterocycles. The van der Waals surface area contributed by atoms with Crippen LogP contribution >= 0.6 is 22.6 Å². The fraction of sp³-hybridized carbons (Fsp3) is 0.182. The second-order valence-corrected chi connectivity index (χ2v) is 4.77. The number of carbonyl (C=O) groups is 3. The van der Waals surface area contributed by atoms with Crippen LogP contribution in [-0.4, -0.2) is 35.7 Å². The Bertz CT molecular complexity index is 485. The highest BCUT2D eigenvalue weighted by atomic mass is 127. The minimum absolute atomic E-state index is 0.0739. The summed E-state index contributed by atoms with van der Waals surface area (Å²) < 4.78 is 0.800. The van der Waals surface area contributed by atoms with E-state index in [4.69, 9.17) is 0 Å². The molecule has 0 atom stereocenters. The van der Waals surface area contributed by atoms with Gasteiger partial charge in [-0.25, -0.2) is 0 Å². The maximum Gasteiger partial charge on any atom is 0.255 e. The molecule has 0 radical (unpaired) electrons. The molecule has 0 spiro atoms. The Balaban J connectivity index is 2.23. The van der Waals surface area contributed by atoms with Gasteiger partial charge in [-0.05, 0) is 34.7 Å². The van der Waals surface area contributed by atoms with Crippen LogP contribution in [0.1, 0.15) is 10.4 Å². The van der Waals surface area contributed by atoms with Crippen LogP contribution in [0.2, 0.25) is 0 Å². The van der Waals surface area contributed by atoms with Crippen molar-refractivity contribution in [3.8, 4) is 0 Å². The van der Waals surface area contributed by atoms with Crippen LogP contribution in [0.3, 0.4) is 0 Å². The second kappa shape index (κ2) is 4.82. The first-order chi connectivity index (χ1) is 8.08. The molecule has 1 aliphatic rings. The molecule has 0 unspecified atom stereocenters.